The number of hydrazone groups is 1. The van der Waals surface area contributed by atoms with Gasteiger partial charge in [-0.25, -0.2) is 0 Å². The first-order valence-corrected chi connectivity index (χ1v) is 10.9. The van der Waals surface area contributed by atoms with Crippen LogP contribution in [-0.2, 0) is 4.79 Å². The number of thioether (sulfide) groups is 1. The molecule has 7 heteroatoms. The van der Waals surface area contributed by atoms with Gasteiger partial charge in [-0.1, -0.05) is 35.9 Å². The van der Waals surface area contributed by atoms with Gasteiger partial charge in [0.25, 0.3) is 5.91 Å². The van der Waals surface area contributed by atoms with Gasteiger partial charge < -0.3 is 9.84 Å². The fourth-order valence-electron chi connectivity index (χ4n) is 3.09. The third-order valence-corrected chi connectivity index (χ3v) is 5.93. The number of carbonyl (C=O) groups excluding carboxylic acids is 1. The second-order valence-corrected chi connectivity index (χ2v) is 8.22. The molecule has 0 aromatic heterocycles. The molecule has 0 atom stereocenters. The van der Waals surface area contributed by atoms with Gasteiger partial charge in [-0.15, -0.1) is 11.8 Å². The van der Waals surface area contributed by atoms with E-state index in [0.29, 0.717) is 33.5 Å². The number of aromatic hydroxyl groups is 1. The maximum Gasteiger partial charge on any atom is 0.280 e. The van der Waals surface area contributed by atoms with Crippen molar-refractivity contribution in [2.75, 3.05) is 17.9 Å². The van der Waals surface area contributed by atoms with E-state index in [0.717, 1.165) is 10.5 Å². The molecule has 1 aliphatic rings. The van der Waals surface area contributed by atoms with Gasteiger partial charge in [0.05, 0.1) is 24.1 Å². The molecule has 3 aromatic carbocycles. The maximum atomic E-state index is 13.2. The molecule has 0 saturated carbocycles. The second-order valence-electron chi connectivity index (χ2n) is 6.73. The minimum Gasteiger partial charge on any atom is -0.504 e. The summed E-state index contributed by atoms with van der Waals surface area (Å²) in [5.41, 5.74) is 2.60. The highest BCUT2D eigenvalue weighted by Gasteiger charge is 2.31. The van der Waals surface area contributed by atoms with Crippen LogP contribution in [-0.4, -0.2) is 29.6 Å². The second kappa shape index (κ2) is 9.29. The van der Waals surface area contributed by atoms with Crippen LogP contribution >= 0.6 is 23.4 Å². The summed E-state index contributed by atoms with van der Waals surface area (Å²) in [6.45, 7) is 0. The van der Waals surface area contributed by atoms with Crippen LogP contribution in [0.5, 0.6) is 11.5 Å². The Labute approximate surface area is 189 Å². The average molecular weight is 451 g/mol. The van der Waals surface area contributed by atoms with Crippen molar-refractivity contribution in [1.82, 2.24) is 0 Å². The van der Waals surface area contributed by atoms with Crippen molar-refractivity contribution >= 4 is 46.7 Å². The van der Waals surface area contributed by atoms with Crippen molar-refractivity contribution in [3.63, 3.8) is 0 Å². The lowest BCUT2D eigenvalue weighted by Gasteiger charge is -2.11. The van der Waals surface area contributed by atoms with Gasteiger partial charge in [-0.2, -0.15) is 10.1 Å². The lowest BCUT2D eigenvalue weighted by molar-refractivity contribution is -0.114. The Morgan fingerprint density at radius 2 is 1.84 bits per heavy atom. The van der Waals surface area contributed by atoms with Crippen molar-refractivity contribution in [3.05, 3.63) is 89.0 Å². The predicted octanol–water partition coefficient (Wildman–Crippen LogP) is 5.63. The van der Waals surface area contributed by atoms with E-state index in [-0.39, 0.29) is 11.7 Å². The molecule has 0 radical (unpaired) electrons. The SMILES string of the molecule is COc1cc(C=C2C(=O)N(c3ccccc3)N=C2CSc2ccc(Cl)cc2)ccc1O. The number of hydrogen-bond acceptors (Lipinski definition) is 5. The fourth-order valence-corrected chi connectivity index (χ4v) is 4.06. The number of hydrogen-bond donors (Lipinski definition) is 1. The van der Waals surface area contributed by atoms with Crippen LogP contribution in [0, 0.1) is 0 Å². The van der Waals surface area contributed by atoms with Gasteiger partial charge in [0.1, 0.15) is 0 Å². The van der Waals surface area contributed by atoms with E-state index >= 15 is 0 Å². The number of ether oxygens (including phenoxy) is 1. The van der Waals surface area contributed by atoms with E-state index in [9.17, 15) is 9.90 Å². The minimum absolute atomic E-state index is 0.0421. The summed E-state index contributed by atoms with van der Waals surface area (Å²) in [5, 5.41) is 16.6. The first-order valence-electron chi connectivity index (χ1n) is 9.49. The molecule has 0 aliphatic carbocycles. The zero-order chi connectivity index (χ0) is 21.8. The van der Waals surface area contributed by atoms with Gasteiger partial charge >= 0.3 is 0 Å². The highest BCUT2D eigenvalue weighted by molar-refractivity contribution is 8.00. The molecule has 0 unspecified atom stereocenters. The van der Waals surface area contributed by atoms with Crippen LogP contribution in [0.4, 0.5) is 5.69 Å². The third-order valence-electron chi connectivity index (χ3n) is 4.66. The quantitative estimate of drug-likeness (QED) is 0.390. The van der Waals surface area contributed by atoms with Crippen molar-refractivity contribution in [1.29, 1.82) is 0 Å². The highest BCUT2D eigenvalue weighted by Crippen LogP contribution is 2.31. The fraction of sp³-hybridized carbons (Fsp3) is 0.0833. The standard InChI is InChI=1S/C24H19ClN2O3S/c1-30-23-14-16(7-12-22(23)28)13-20-21(15-31-19-10-8-17(25)9-11-19)26-27(24(20)29)18-5-3-2-4-6-18/h2-14,28H,15H2,1H3. The highest BCUT2D eigenvalue weighted by atomic mass is 35.5. The lowest BCUT2D eigenvalue weighted by atomic mass is 10.1. The van der Waals surface area contributed by atoms with Crippen LogP contribution in [0.1, 0.15) is 5.56 Å². The molecule has 156 valence electrons. The molecular weight excluding hydrogens is 432 g/mol. The summed E-state index contributed by atoms with van der Waals surface area (Å²) in [6, 6.07) is 21.8. The van der Waals surface area contributed by atoms with Gasteiger partial charge in [0.15, 0.2) is 11.5 Å². The molecule has 1 heterocycles. The molecule has 0 saturated heterocycles. The van der Waals surface area contributed by atoms with E-state index in [1.165, 1.54) is 12.1 Å². The van der Waals surface area contributed by atoms with E-state index in [2.05, 4.69) is 5.10 Å². The Kier molecular flexibility index (Phi) is 6.30. The van der Waals surface area contributed by atoms with Crippen molar-refractivity contribution in [3.8, 4) is 11.5 Å². The topological polar surface area (TPSA) is 62.1 Å². The summed E-state index contributed by atoms with van der Waals surface area (Å²) in [6.07, 6.45) is 1.77. The number of halogens is 1. The minimum atomic E-state index is -0.204. The summed E-state index contributed by atoms with van der Waals surface area (Å²) >= 11 is 7.55. The number of phenols is 1. The summed E-state index contributed by atoms with van der Waals surface area (Å²) in [5.74, 6) is 0.691. The van der Waals surface area contributed by atoms with Crippen molar-refractivity contribution < 1.29 is 14.6 Å². The average Bonchev–Trinajstić information content (AvgIpc) is 3.10. The molecule has 5 nitrogen and oxygen atoms in total. The summed E-state index contributed by atoms with van der Waals surface area (Å²) in [7, 11) is 1.49. The molecule has 0 bridgehead atoms. The Morgan fingerprint density at radius 1 is 1.10 bits per heavy atom. The van der Waals surface area contributed by atoms with E-state index in [1.54, 1.807) is 36.0 Å². The zero-order valence-electron chi connectivity index (χ0n) is 16.7. The number of phenolic OH excluding ortho intramolecular Hbond substituents is 1. The largest absolute Gasteiger partial charge is 0.504 e. The van der Waals surface area contributed by atoms with Crippen LogP contribution in [0.15, 0.2) is 88.4 Å². The molecule has 1 N–H and O–H groups in total. The Balaban J connectivity index is 1.67. The number of nitrogens with zero attached hydrogens (tertiary/aromatic N) is 2. The molecule has 3 aromatic rings. The smallest absolute Gasteiger partial charge is 0.280 e. The Hall–Kier alpha value is -3.22. The molecule has 0 spiro atoms. The monoisotopic (exact) mass is 450 g/mol. The van der Waals surface area contributed by atoms with Crippen LogP contribution in [0.3, 0.4) is 0 Å². The predicted molar refractivity (Wildman–Crippen MR) is 126 cm³/mol. The van der Waals surface area contributed by atoms with Crippen LogP contribution in [0.2, 0.25) is 5.02 Å². The normalized spacial score (nSPS) is 14.8. The lowest BCUT2D eigenvalue weighted by Crippen LogP contribution is -2.21. The molecule has 0 fully saturated rings. The number of carbonyl (C=O) groups is 1. The Morgan fingerprint density at radius 3 is 2.55 bits per heavy atom. The number of amides is 1. The first-order chi connectivity index (χ1) is 15.0. The van der Waals surface area contributed by atoms with Gasteiger partial charge in [0, 0.05) is 15.7 Å². The molecule has 31 heavy (non-hydrogen) atoms. The molecular formula is C24H19ClN2O3S. The van der Waals surface area contributed by atoms with Gasteiger partial charge in [0.2, 0.25) is 0 Å². The van der Waals surface area contributed by atoms with E-state index in [4.69, 9.17) is 16.3 Å². The number of anilines is 1. The van der Waals surface area contributed by atoms with Gasteiger partial charge in [-0.05, 0) is 60.2 Å². The number of benzene rings is 3. The molecule has 1 aliphatic heterocycles. The van der Waals surface area contributed by atoms with E-state index < -0.39 is 0 Å². The first kappa shape index (κ1) is 21.0. The number of methoxy groups -OCH3 is 1. The van der Waals surface area contributed by atoms with Gasteiger partial charge in [-0.3, -0.25) is 4.79 Å². The Bertz CT molecular complexity index is 1160. The van der Waals surface area contributed by atoms with Crippen LogP contribution < -0.4 is 9.75 Å². The van der Waals surface area contributed by atoms with Crippen LogP contribution in [0.25, 0.3) is 6.08 Å². The molecule has 4 rings (SSSR count). The van der Waals surface area contributed by atoms with Crippen molar-refractivity contribution in [2.45, 2.75) is 4.90 Å². The van der Waals surface area contributed by atoms with Crippen molar-refractivity contribution in [2.24, 2.45) is 5.10 Å². The van der Waals surface area contributed by atoms with E-state index in [1.807, 2.05) is 54.6 Å². The third kappa shape index (κ3) is 4.76. The summed E-state index contributed by atoms with van der Waals surface area (Å²) < 4.78 is 5.19. The molecule has 1 amide bonds. The zero-order valence-corrected chi connectivity index (χ0v) is 18.2. The number of para-hydroxylation sites is 1. The maximum absolute atomic E-state index is 13.2. The summed E-state index contributed by atoms with van der Waals surface area (Å²) in [4.78, 5) is 14.3. The number of rotatable bonds is 6.